The van der Waals surface area contributed by atoms with Gasteiger partial charge in [0.05, 0.1) is 4.90 Å². The van der Waals surface area contributed by atoms with Crippen LogP contribution >= 0.6 is 0 Å². The zero-order valence-electron chi connectivity index (χ0n) is 12.7. The van der Waals surface area contributed by atoms with Crippen molar-refractivity contribution >= 4 is 16.0 Å². The van der Waals surface area contributed by atoms with Gasteiger partial charge in [-0.3, -0.25) is 4.79 Å². The Hall–Kier alpha value is -2.33. The first-order valence-corrected chi connectivity index (χ1v) is 8.35. The first kappa shape index (κ1) is 17.0. The molecular formula is C13H17N5O4S. The molecule has 0 saturated carbocycles. The molecule has 0 spiro atoms. The predicted molar refractivity (Wildman–Crippen MR) is 80.9 cm³/mol. The molecule has 0 fully saturated rings. The van der Waals surface area contributed by atoms with Gasteiger partial charge in [0.15, 0.2) is 5.82 Å². The fourth-order valence-corrected chi connectivity index (χ4v) is 3.63. The lowest BCUT2D eigenvalue weighted by Gasteiger charge is -2.19. The Bertz CT molecular complexity index is 802. The Kier molecular flexibility index (Phi) is 5.06. The predicted octanol–water partition coefficient (Wildman–Crippen LogP) is 0.362. The average Bonchev–Trinajstić information content (AvgIpc) is 2.92. The maximum atomic E-state index is 12.7. The molecule has 0 unspecified atom stereocenters. The summed E-state index contributed by atoms with van der Waals surface area (Å²) in [5, 5.41) is 20.0. The first-order chi connectivity index (χ1) is 10.9. The molecule has 2 rings (SSSR count). The molecule has 124 valence electrons. The van der Waals surface area contributed by atoms with E-state index < -0.39 is 22.5 Å². The second kappa shape index (κ2) is 6.84. The SMILES string of the molecule is CCCN(CC(=O)O)S(=O)(=O)c1cccc(-c2nnnn2C)c1. The Labute approximate surface area is 133 Å². The number of carbonyl (C=O) groups is 1. The second-order valence-electron chi connectivity index (χ2n) is 4.89. The second-order valence-corrected chi connectivity index (χ2v) is 6.82. The van der Waals surface area contributed by atoms with E-state index in [1.54, 1.807) is 26.1 Å². The number of sulfonamides is 1. The maximum Gasteiger partial charge on any atom is 0.318 e. The molecule has 0 bridgehead atoms. The maximum absolute atomic E-state index is 12.7. The molecule has 23 heavy (non-hydrogen) atoms. The van der Waals surface area contributed by atoms with Crippen molar-refractivity contribution in [2.24, 2.45) is 7.05 Å². The number of aliphatic carboxylic acids is 1. The van der Waals surface area contributed by atoms with Crippen molar-refractivity contribution in [1.29, 1.82) is 0 Å². The normalized spacial score (nSPS) is 11.8. The van der Waals surface area contributed by atoms with Crippen LogP contribution < -0.4 is 0 Å². The third-order valence-corrected chi connectivity index (χ3v) is 4.98. The minimum Gasteiger partial charge on any atom is -0.480 e. The van der Waals surface area contributed by atoms with Gasteiger partial charge in [0.25, 0.3) is 0 Å². The molecule has 10 heteroatoms. The van der Waals surface area contributed by atoms with Gasteiger partial charge in [-0.05, 0) is 29.0 Å². The number of carboxylic acid groups (broad SMARTS) is 1. The summed E-state index contributed by atoms with van der Waals surface area (Å²) in [5.41, 5.74) is 0.533. The lowest BCUT2D eigenvalue weighted by atomic mass is 10.2. The van der Waals surface area contributed by atoms with Gasteiger partial charge in [0.1, 0.15) is 6.54 Å². The highest BCUT2D eigenvalue weighted by atomic mass is 32.2. The lowest BCUT2D eigenvalue weighted by Crippen LogP contribution is -2.36. The summed E-state index contributed by atoms with van der Waals surface area (Å²) < 4.78 is 27.7. The minimum atomic E-state index is -3.91. The standard InChI is InChI=1S/C13H17N5O4S/c1-3-7-18(9-12(19)20)23(21,22)11-6-4-5-10(8-11)13-14-15-16-17(13)2/h4-6,8H,3,7,9H2,1-2H3,(H,19,20). The molecule has 2 aromatic rings. The zero-order valence-corrected chi connectivity index (χ0v) is 13.6. The van der Waals surface area contributed by atoms with Gasteiger partial charge in [-0.1, -0.05) is 19.1 Å². The van der Waals surface area contributed by atoms with Crippen LogP contribution in [-0.2, 0) is 21.9 Å². The molecular weight excluding hydrogens is 322 g/mol. The van der Waals surface area contributed by atoms with Gasteiger partial charge in [0.2, 0.25) is 10.0 Å². The van der Waals surface area contributed by atoms with Crippen LogP contribution in [0.1, 0.15) is 13.3 Å². The molecule has 9 nitrogen and oxygen atoms in total. The molecule has 0 atom stereocenters. The Morgan fingerprint density at radius 1 is 1.39 bits per heavy atom. The van der Waals surface area contributed by atoms with E-state index in [2.05, 4.69) is 15.5 Å². The number of aryl methyl sites for hydroxylation is 1. The molecule has 1 aromatic heterocycles. The summed E-state index contributed by atoms with van der Waals surface area (Å²) in [5.74, 6) is -0.780. The van der Waals surface area contributed by atoms with Gasteiger partial charge < -0.3 is 5.11 Å². The van der Waals surface area contributed by atoms with Gasteiger partial charge in [-0.15, -0.1) is 5.10 Å². The van der Waals surface area contributed by atoms with E-state index in [1.807, 2.05) is 0 Å². The van der Waals surface area contributed by atoms with E-state index in [9.17, 15) is 13.2 Å². The van der Waals surface area contributed by atoms with E-state index >= 15 is 0 Å². The molecule has 1 heterocycles. The van der Waals surface area contributed by atoms with E-state index in [1.165, 1.54) is 16.8 Å². The zero-order chi connectivity index (χ0) is 17.0. The number of aromatic nitrogens is 4. The van der Waals surface area contributed by atoms with Gasteiger partial charge >= 0.3 is 5.97 Å². The largest absolute Gasteiger partial charge is 0.480 e. The third-order valence-electron chi connectivity index (χ3n) is 3.13. The van der Waals surface area contributed by atoms with Crippen LogP contribution in [0.5, 0.6) is 0 Å². The fourth-order valence-electron chi connectivity index (χ4n) is 2.10. The van der Waals surface area contributed by atoms with E-state index in [-0.39, 0.29) is 11.4 Å². The molecule has 1 aromatic carbocycles. The number of rotatable bonds is 7. The smallest absolute Gasteiger partial charge is 0.318 e. The lowest BCUT2D eigenvalue weighted by molar-refractivity contribution is -0.137. The van der Waals surface area contributed by atoms with Crippen LogP contribution in [0.15, 0.2) is 29.2 Å². The number of carboxylic acids is 1. The molecule has 0 radical (unpaired) electrons. The highest BCUT2D eigenvalue weighted by Crippen LogP contribution is 2.22. The summed E-state index contributed by atoms with van der Waals surface area (Å²) in [6.45, 7) is 1.34. The van der Waals surface area contributed by atoms with E-state index in [0.717, 1.165) is 4.31 Å². The molecule has 0 amide bonds. The van der Waals surface area contributed by atoms with E-state index in [0.29, 0.717) is 17.8 Å². The van der Waals surface area contributed by atoms with Crippen LogP contribution in [-0.4, -0.2) is 57.1 Å². The van der Waals surface area contributed by atoms with Crippen LogP contribution in [0.3, 0.4) is 0 Å². The number of hydrogen-bond acceptors (Lipinski definition) is 6. The fraction of sp³-hybridized carbons (Fsp3) is 0.385. The molecule has 0 saturated heterocycles. The topological polar surface area (TPSA) is 118 Å². The summed E-state index contributed by atoms with van der Waals surface area (Å²) in [4.78, 5) is 10.9. The van der Waals surface area contributed by atoms with Gasteiger partial charge in [0, 0.05) is 19.2 Å². The quantitative estimate of drug-likeness (QED) is 0.773. The van der Waals surface area contributed by atoms with Crippen LogP contribution in [0.4, 0.5) is 0 Å². The Morgan fingerprint density at radius 2 is 2.13 bits per heavy atom. The summed E-state index contributed by atoms with van der Waals surface area (Å²) >= 11 is 0. The van der Waals surface area contributed by atoms with Crippen molar-refractivity contribution in [3.63, 3.8) is 0 Å². The average molecular weight is 339 g/mol. The highest BCUT2D eigenvalue weighted by molar-refractivity contribution is 7.89. The van der Waals surface area contributed by atoms with Crippen LogP contribution in [0.25, 0.3) is 11.4 Å². The van der Waals surface area contributed by atoms with Crippen molar-refractivity contribution in [3.05, 3.63) is 24.3 Å². The monoisotopic (exact) mass is 339 g/mol. The molecule has 0 aliphatic rings. The van der Waals surface area contributed by atoms with Crippen LogP contribution in [0.2, 0.25) is 0 Å². The van der Waals surface area contributed by atoms with Crippen molar-refractivity contribution in [2.75, 3.05) is 13.1 Å². The van der Waals surface area contributed by atoms with Crippen molar-refractivity contribution < 1.29 is 18.3 Å². The molecule has 0 aliphatic heterocycles. The summed E-state index contributed by atoms with van der Waals surface area (Å²) in [6.07, 6.45) is 0.513. The Morgan fingerprint density at radius 3 is 2.70 bits per heavy atom. The number of tetrazole rings is 1. The van der Waals surface area contributed by atoms with Crippen molar-refractivity contribution in [1.82, 2.24) is 24.5 Å². The van der Waals surface area contributed by atoms with Crippen LogP contribution in [0, 0.1) is 0 Å². The number of hydrogen-bond donors (Lipinski definition) is 1. The molecule has 0 aliphatic carbocycles. The minimum absolute atomic E-state index is 0.00713. The third kappa shape index (κ3) is 3.71. The molecule has 1 N–H and O–H groups in total. The van der Waals surface area contributed by atoms with Gasteiger partial charge in [-0.2, -0.15) is 4.31 Å². The summed E-state index contributed by atoms with van der Waals surface area (Å²) in [7, 11) is -2.27. The van der Waals surface area contributed by atoms with Gasteiger partial charge in [-0.25, -0.2) is 13.1 Å². The van der Waals surface area contributed by atoms with Crippen molar-refractivity contribution in [3.8, 4) is 11.4 Å². The summed E-state index contributed by atoms with van der Waals surface area (Å²) in [6, 6.07) is 6.12. The number of benzene rings is 1. The highest BCUT2D eigenvalue weighted by Gasteiger charge is 2.26. The van der Waals surface area contributed by atoms with E-state index in [4.69, 9.17) is 5.11 Å². The first-order valence-electron chi connectivity index (χ1n) is 6.91. The Balaban J connectivity index is 2.43. The number of nitrogens with zero attached hydrogens (tertiary/aromatic N) is 5. The van der Waals surface area contributed by atoms with Crippen molar-refractivity contribution in [2.45, 2.75) is 18.2 Å².